The molecule has 10 nitrogen and oxygen atoms in total. The second-order valence-corrected chi connectivity index (χ2v) is 7.02. The first-order valence-corrected chi connectivity index (χ1v) is 10.8. The first-order chi connectivity index (χ1) is 13.3. The number of hydrogen-bond donors (Lipinski definition) is 3. The van der Waals surface area contributed by atoms with Gasteiger partial charge in [-0.25, -0.2) is 8.42 Å². The molecule has 0 saturated heterocycles. The summed E-state index contributed by atoms with van der Waals surface area (Å²) in [5, 5.41) is 22.2. The van der Waals surface area contributed by atoms with E-state index in [4.69, 9.17) is 29.7 Å². The normalized spacial score (nSPS) is 9.23. The van der Waals surface area contributed by atoms with Crippen molar-refractivity contribution in [2.75, 3.05) is 6.61 Å². The molecule has 0 rings (SSSR count). The minimum Gasteiger partial charge on any atom is -0.726 e. The molecule has 0 aliphatic rings. The Morgan fingerprint density at radius 3 is 1.17 bits per heavy atom. The SMILES string of the molecule is CC(=O)O.CC(=O)O.CC(=O)O.CCCCCCCCCCCCOS(=O)(=O)[O-].[Na+]. The molecule has 176 valence electrons. The summed E-state index contributed by atoms with van der Waals surface area (Å²) in [5.41, 5.74) is 0. The minimum atomic E-state index is -4.48. The van der Waals surface area contributed by atoms with Crippen molar-refractivity contribution in [2.45, 2.75) is 91.9 Å². The molecule has 0 aromatic rings. The van der Waals surface area contributed by atoms with Crippen LogP contribution in [-0.2, 0) is 29.0 Å². The van der Waals surface area contributed by atoms with Crippen molar-refractivity contribution in [3.8, 4) is 0 Å². The summed E-state index contributed by atoms with van der Waals surface area (Å²) in [6.07, 6.45) is 11.7. The van der Waals surface area contributed by atoms with Crippen LogP contribution in [0.4, 0.5) is 0 Å². The Hall–Kier alpha value is -0.720. The van der Waals surface area contributed by atoms with E-state index in [0.29, 0.717) is 6.42 Å². The Kier molecular flexibility index (Phi) is 40.3. The van der Waals surface area contributed by atoms with Crippen LogP contribution in [0.1, 0.15) is 91.9 Å². The number of carbonyl (C=O) groups is 3. The average molecular weight is 469 g/mol. The molecule has 0 amide bonds. The van der Waals surface area contributed by atoms with Crippen molar-refractivity contribution in [2.24, 2.45) is 0 Å². The zero-order chi connectivity index (χ0) is 23.7. The van der Waals surface area contributed by atoms with Gasteiger partial charge in [-0.3, -0.25) is 18.6 Å². The first-order valence-electron chi connectivity index (χ1n) is 9.45. The standard InChI is InChI=1S/C12H26O4S.3C2H4O2.Na/c1-2-3-4-5-6-7-8-9-10-11-12-16-17(13,14)15;3*1-2(3)4;/h2-12H2,1H3,(H,13,14,15);3*1H3,(H,3,4);/q;;;;+1/p-1. The van der Waals surface area contributed by atoms with Crippen molar-refractivity contribution in [1.29, 1.82) is 0 Å². The number of rotatable bonds is 12. The van der Waals surface area contributed by atoms with Crippen LogP contribution in [0.3, 0.4) is 0 Å². The molecule has 0 aromatic carbocycles. The van der Waals surface area contributed by atoms with E-state index in [1.54, 1.807) is 0 Å². The van der Waals surface area contributed by atoms with Gasteiger partial charge in [-0.2, -0.15) is 0 Å². The number of unbranched alkanes of at least 4 members (excludes halogenated alkanes) is 9. The Bertz CT molecular complexity index is 455. The number of carboxylic acids is 3. The van der Waals surface area contributed by atoms with Crippen LogP contribution in [0.2, 0.25) is 0 Å². The van der Waals surface area contributed by atoms with Crippen molar-refractivity contribution in [1.82, 2.24) is 0 Å². The maximum absolute atomic E-state index is 10.1. The average Bonchev–Trinajstić information content (AvgIpc) is 2.50. The van der Waals surface area contributed by atoms with Crippen molar-refractivity contribution in [3.05, 3.63) is 0 Å². The van der Waals surface area contributed by atoms with Gasteiger partial charge in [-0.15, -0.1) is 0 Å². The van der Waals surface area contributed by atoms with E-state index in [9.17, 15) is 13.0 Å². The molecule has 0 bridgehead atoms. The zero-order valence-electron chi connectivity index (χ0n) is 18.9. The van der Waals surface area contributed by atoms with Crippen LogP contribution in [0.25, 0.3) is 0 Å². The minimum absolute atomic E-state index is 0. The molecule has 12 heteroatoms. The van der Waals surface area contributed by atoms with Gasteiger partial charge in [-0.1, -0.05) is 64.7 Å². The molecular formula is C18H37NaO10S. The molecular weight excluding hydrogens is 431 g/mol. The van der Waals surface area contributed by atoms with Gasteiger partial charge >= 0.3 is 29.6 Å². The first kappa shape index (κ1) is 39.7. The molecule has 0 atom stereocenters. The van der Waals surface area contributed by atoms with Gasteiger partial charge in [0, 0.05) is 20.8 Å². The fraction of sp³-hybridized carbons (Fsp3) is 0.833. The van der Waals surface area contributed by atoms with Gasteiger partial charge in [0.15, 0.2) is 0 Å². The van der Waals surface area contributed by atoms with E-state index >= 15 is 0 Å². The number of carboxylic acid groups (broad SMARTS) is 3. The monoisotopic (exact) mass is 468 g/mol. The van der Waals surface area contributed by atoms with Crippen LogP contribution in [0.5, 0.6) is 0 Å². The Balaban J connectivity index is -0.000000131. The summed E-state index contributed by atoms with van der Waals surface area (Å²) in [6, 6.07) is 0. The van der Waals surface area contributed by atoms with Gasteiger partial charge < -0.3 is 19.9 Å². The maximum Gasteiger partial charge on any atom is 1.00 e. The van der Waals surface area contributed by atoms with E-state index in [1.165, 1.54) is 44.9 Å². The fourth-order valence-electron chi connectivity index (χ4n) is 1.75. The smallest absolute Gasteiger partial charge is 0.726 e. The summed E-state index contributed by atoms with van der Waals surface area (Å²) in [4.78, 5) is 27.0. The fourth-order valence-corrected chi connectivity index (χ4v) is 2.07. The molecule has 0 fully saturated rings. The second-order valence-electron chi connectivity index (χ2n) is 5.97. The van der Waals surface area contributed by atoms with Gasteiger partial charge in [0.1, 0.15) is 0 Å². The molecule has 0 saturated carbocycles. The van der Waals surface area contributed by atoms with Crippen molar-refractivity contribution >= 4 is 28.3 Å². The van der Waals surface area contributed by atoms with Crippen molar-refractivity contribution in [3.63, 3.8) is 0 Å². The van der Waals surface area contributed by atoms with Gasteiger partial charge in [0.05, 0.1) is 6.61 Å². The largest absolute Gasteiger partial charge is 1.00 e. The van der Waals surface area contributed by atoms with Crippen molar-refractivity contribution < 1.29 is 76.4 Å². The predicted molar refractivity (Wildman–Crippen MR) is 107 cm³/mol. The summed E-state index contributed by atoms with van der Waals surface area (Å²) in [5.74, 6) is -2.50. The van der Waals surface area contributed by atoms with Crippen LogP contribution in [0.15, 0.2) is 0 Å². The molecule has 0 radical (unpaired) electrons. The van der Waals surface area contributed by atoms with Crippen LogP contribution in [0, 0.1) is 0 Å². The van der Waals surface area contributed by atoms with E-state index in [1.807, 2.05) is 0 Å². The summed E-state index contributed by atoms with van der Waals surface area (Å²) in [6.45, 7) is 5.49. The van der Waals surface area contributed by atoms with Gasteiger partial charge in [-0.05, 0) is 6.42 Å². The molecule has 0 spiro atoms. The predicted octanol–water partition coefficient (Wildman–Crippen LogP) is 0.661. The van der Waals surface area contributed by atoms with Crippen LogP contribution >= 0.6 is 0 Å². The summed E-state index contributed by atoms with van der Waals surface area (Å²) < 4.78 is 34.5. The molecule has 3 N–H and O–H groups in total. The van der Waals surface area contributed by atoms with E-state index in [0.717, 1.165) is 33.6 Å². The van der Waals surface area contributed by atoms with E-state index in [-0.39, 0.29) is 36.2 Å². The molecule has 0 aliphatic carbocycles. The third-order valence-corrected chi connectivity index (χ3v) is 3.18. The van der Waals surface area contributed by atoms with Crippen LogP contribution in [-0.4, -0.2) is 52.8 Å². The zero-order valence-corrected chi connectivity index (χ0v) is 21.7. The van der Waals surface area contributed by atoms with Crippen LogP contribution < -0.4 is 29.6 Å². The quantitative estimate of drug-likeness (QED) is 0.159. The third-order valence-electron chi connectivity index (χ3n) is 2.73. The Morgan fingerprint density at radius 1 is 0.700 bits per heavy atom. The molecule has 0 aromatic heterocycles. The topological polar surface area (TPSA) is 178 Å². The molecule has 0 aliphatic heterocycles. The Labute approximate surface area is 202 Å². The molecule has 0 unspecified atom stereocenters. The number of hydrogen-bond acceptors (Lipinski definition) is 7. The van der Waals surface area contributed by atoms with Gasteiger partial charge in [0.25, 0.3) is 17.9 Å². The number of aliphatic carboxylic acids is 3. The summed E-state index contributed by atoms with van der Waals surface area (Å²) >= 11 is 0. The third kappa shape index (κ3) is 107. The summed E-state index contributed by atoms with van der Waals surface area (Å²) in [7, 11) is -4.48. The van der Waals surface area contributed by atoms with E-state index in [2.05, 4.69) is 11.1 Å². The second kappa shape index (κ2) is 30.5. The maximum atomic E-state index is 10.1. The molecule has 30 heavy (non-hydrogen) atoms. The molecule has 0 heterocycles. The van der Waals surface area contributed by atoms with E-state index < -0.39 is 28.3 Å². The van der Waals surface area contributed by atoms with Gasteiger partial charge in [0.2, 0.25) is 10.4 Å². The Morgan fingerprint density at radius 2 is 0.933 bits per heavy atom.